The minimum Gasteiger partial charge on any atom is -0.0892 e. The highest BCUT2D eigenvalue weighted by molar-refractivity contribution is 9.11. The van der Waals surface area contributed by atoms with Gasteiger partial charge in [-0.05, 0) is 29.3 Å². The maximum absolute atomic E-state index is 8.12. The van der Waals surface area contributed by atoms with Gasteiger partial charge in [-0.25, -0.2) is 0 Å². The van der Waals surface area contributed by atoms with Crippen LogP contribution in [0.1, 0.15) is 5.56 Å². The van der Waals surface area contributed by atoms with Crippen molar-refractivity contribution in [1.29, 1.82) is 0 Å². The standard InChI is InChI=1S/C7H5Br2N3/c8-6-1-2-7(9)5(3-6)4-11-12-10/h1-3H,4H2. The van der Waals surface area contributed by atoms with Crippen LogP contribution in [-0.2, 0) is 6.54 Å². The molecule has 0 fully saturated rings. The number of hydrogen-bond acceptors (Lipinski definition) is 1. The van der Waals surface area contributed by atoms with Gasteiger partial charge in [0.15, 0.2) is 0 Å². The van der Waals surface area contributed by atoms with Crippen LogP contribution in [0, 0.1) is 0 Å². The highest BCUT2D eigenvalue weighted by Crippen LogP contribution is 2.22. The van der Waals surface area contributed by atoms with Crippen molar-refractivity contribution in [2.75, 3.05) is 0 Å². The van der Waals surface area contributed by atoms with E-state index in [0.717, 1.165) is 14.5 Å². The van der Waals surface area contributed by atoms with Gasteiger partial charge >= 0.3 is 0 Å². The Morgan fingerprint density at radius 1 is 1.42 bits per heavy atom. The van der Waals surface area contributed by atoms with Crippen LogP contribution in [0.4, 0.5) is 0 Å². The number of azide groups is 1. The van der Waals surface area contributed by atoms with Crippen molar-refractivity contribution in [2.45, 2.75) is 6.54 Å². The molecular formula is C7H5Br2N3. The van der Waals surface area contributed by atoms with E-state index in [2.05, 4.69) is 41.9 Å². The van der Waals surface area contributed by atoms with Gasteiger partial charge in [0.05, 0.1) is 6.54 Å². The van der Waals surface area contributed by atoms with Gasteiger partial charge in [0, 0.05) is 13.9 Å². The zero-order valence-electron chi connectivity index (χ0n) is 6.04. The molecule has 0 unspecified atom stereocenters. The van der Waals surface area contributed by atoms with Crippen LogP contribution in [0.5, 0.6) is 0 Å². The number of rotatable bonds is 2. The van der Waals surface area contributed by atoms with Gasteiger partial charge in [-0.15, -0.1) is 0 Å². The lowest BCUT2D eigenvalue weighted by Gasteiger charge is -1.99. The van der Waals surface area contributed by atoms with Crippen molar-refractivity contribution >= 4 is 31.9 Å². The van der Waals surface area contributed by atoms with Gasteiger partial charge in [0.1, 0.15) is 0 Å². The van der Waals surface area contributed by atoms with Gasteiger partial charge in [0.25, 0.3) is 0 Å². The Bertz CT molecular complexity index is 331. The van der Waals surface area contributed by atoms with E-state index in [0.29, 0.717) is 6.54 Å². The second-order valence-electron chi connectivity index (χ2n) is 2.12. The van der Waals surface area contributed by atoms with E-state index < -0.39 is 0 Å². The summed E-state index contributed by atoms with van der Waals surface area (Å²) in [5, 5.41) is 3.47. The third kappa shape index (κ3) is 2.52. The van der Waals surface area contributed by atoms with Crippen LogP contribution >= 0.6 is 31.9 Å². The van der Waals surface area contributed by atoms with Gasteiger partial charge in [-0.1, -0.05) is 37.0 Å². The summed E-state index contributed by atoms with van der Waals surface area (Å²) >= 11 is 6.69. The van der Waals surface area contributed by atoms with Crippen molar-refractivity contribution in [2.24, 2.45) is 5.11 Å². The van der Waals surface area contributed by atoms with Crippen molar-refractivity contribution < 1.29 is 0 Å². The molecule has 0 atom stereocenters. The first-order valence-corrected chi connectivity index (χ1v) is 4.77. The van der Waals surface area contributed by atoms with E-state index in [-0.39, 0.29) is 0 Å². The molecule has 1 rings (SSSR count). The molecule has 1 aromatic rings. The Hall–Kier alpha value is -0.510. The minimum absolute atomic E-state index is 0.372. The van der Waals surface area contributed by atoms with E-state index in [1.807, 2.05) is 18.2 Å². The molecule has 0 aliphatic carbocycles. The summed E-state index contributed by atoms with van der Waals surface area (Å²) in [4.78, 5) is 2.69. The Labute approximate surface area is 86.7 Å². The molecule has 12 heavy (non-hydrogen) atoms. The molecule has 0 amide bonds. The van der Waals surface area contributed by atoms with Crippen molar-refractivity contribution in [3.05, 3.63) is 43.2 Å². The van der Waals surface area contributed by atoms with Gasteiger partial charge in [-0.3, -0.25) is 0 Å². The first kappa shape index (κ1) is 9.58. The van der Waals surface area contributed by atoms with Crippen LogP contribution < -0.4 is 0 Å². The van der Waals surface area contributed by atoms with Crippen molar-refractivity contribution in [3.8, 4) is 0 Å². The third-order valence-corrected chi connectivity index (χ3v) is 2.58. The molecule has 0 saturated carbocycles. The second-order valence-corrected chi connectivity index (χ2v) is 3.89. The van der Waals surface area contributed by atoms with E-state index in [1.54, 1.807) is 0 Å². The Kier molecular flexibility index (Phi) is 3.59. The quantitative estimate of drug-likeness (QED) is 0.449. The van der Waals surface area contributed by atoms with Gasteiger partial charge in [-0.2, -0.15) is 0 Å². The number of halogens is 2. The molecule has 0 aromatic heterocycles. The molecular weight excluding hydrogens is 286 g/mol. The fourth-order valence-electron chi connectivity index (χ4n) is 0.772. The van der Waals surface area contributed by atoms with E-state index in [4.69, 9.17) is 5.53 Å². The molecule has 1 aromatic carbocycles. The summed E-state index contributed by atoms with van der Waals surface area (Å²) in [6, 6.07) is 5.74. The molecule has 0 N–H and O–H groups in total. The number of benzene rings is 1. The lowest BCUT2D eigenvalue weighted by Crippen LogP contribution is -1.82. The minimum atomic E-state index is 0.372. The lowest BCUT2D eigenvalue weighted by molar-refractivity contribution is 1.04. The van der Waals surface area contributed by atoms with E-state index >= 15 is 0 Å². The highest BCUT2D eigenvalue weighted by atomic mass is 79.9. The predicted octanol–water partition coefficient (Wildman–Crippen LogP) is 4.02. The molecule has 0 bridgehead atoms. The first-order valence-electron chi connectivity index (χ1n) is 3.19. The van der Waals surface area contributed by atoms with Crippen molar-refractivity contribution in [1.82, 2.24) is 0 Å². The lowest BCUT2D eigenvalue weighted by atomic mass is 10.2. The molecule has 5 heteroatoms. The number of hydrogen-bond donors (Lipinski definition) is 0. The SMILES string of the molecule is [N-]=[N+]=NCc1cc(Br)ccc1Br. The third-order valence-electron chi connectivity index (χ3n) is 1.31. The van der Waals surface area contributed by atoms with Crippen LogP contribution in [0.15, 0.2) is 32.3 Å². The highest BCUT2D eigenvalue weighted by Gasteiger charge is 1.98. The fourth-order valence-corrected chi connectivity index (χ4v) is 1.55. The molecule has 0 heterocycles. The topological polar surface area (TPSA) is 48.8 Å². The van der Waals surface area contributed by atoms with Crippen LogP contribution in [0.3, 0.4) is 0 Å². The molecule has 3 nitrogen and oxygen atoms in total. The zero-order valence-corrected chi connectivity index (χ0v) is 9.21. The summed E-state index contributed by atoms with van der Waals surface area (Å²) < 4.78 is 1.94. The molecule has 0 saturated heterocycles. The molecule has 62 valence electrons. The molecule has 0 radical (unpaired) electrons. The van der Waals surface area contributed by atoms with Gasteiger partial charge < -0.3 is 0 Å². The summed E-state index contributed by atoms with van der Waals surface area (Å²) in [7, 11) is 0. The Morgan fingerprint density at radius 3 is 2.83 bits per heavy atom. The van der Waals surface area contributed by atoms with Gasteiger partial charge in [0.2, 0.25) is 0 Å². The predicted molar refractivity (Wildman–Crippen MR) is 54.7 cm³/mol. The molecule has 0 aliphatic rings. The largest absolute Gasteiger partial charge is 0.0892 e. The maximum Gasteiger partial charge on any atom is 0.0522 e. The molecule has 0 spiro atoms. The zero-order chi connectivity index (χ0) is 8.97. The van der Waals surface area contributed by atoms with Crippen molar-refractivity contribution in [3.63, 3.8) is 0 Å². The maximum atomic E-state index is 8.12. The van der Waals surface area contributed by atoms with Crippen LogP contribution in [-0.4, -0.2) is 0 Å². The summed E-state index contributed by atoms with van der Waals surface area (Å²) in [6.07, 6.45) is 0. The first-order chi connectivity index (χ1) is 5.74. The summed E-state index contributed by atoms with van der Waals surface area (Å²) in [5.74, 6) is 0. The van der Waals surface area contributed by atoms with Crippen LogP contribution in [0.2, 0.25) is 0 Å². The average Bonchev–Trinajstić information content (AvgIpc) is 2.07. The summed E-state index contributed by atoms with van der Waals surface area (Å²) in [6.45, 7) is 0.372. The fraction of sp³-hybridized carbons (Fsp3) is 0.143. The number of nitrogens with zero attached hydrogens (tertiary/aromatic N) is 3. The Balaban J connectivity index is 2.96. The van der Waals surface area contributed by atoms with Crippen LogP contribution in [0.25, 0.3) is 10.4 Å². The normalized spacial score (nSPS) is 9.17. The average molecular weight is 291 g/mol. The monoisotopic (exact) mass is 289 g/mol. The molecule has 0 aliphatic heterocycles. The van der Waals surface area contributed by atoms with E-state index in [9.17, 15) is 0 Å². The summed E-state index contributed by atoms with van der Waals surface area (Å²) in [5.41, 5.74) is 9.09. The smallest absolute Gasteiger partial charge is 0.0522 e. The second kappa shape index (κ2) is 4.50. The Morgan fingerprint density at radius 2 is 2.17 bits per heavy atom. The van der Waals surface area contributed by atoms with E-state index in [1.165, 1.54) is 0 Å².